The monoisotopic (exact) mass is 477 g/mol. The summed E-state index contributed by atoms with van der Waals surface area (Å²) in [6, 6.07) is 12.1. The lowest BCUT2D eigenvalue weighted by atomic mass is 9.85. The van der Waals surface area contributed by atoms with Crippen LogP contribution in [0, 0.1) is 12.7 Å². The van der Waals surface area contributed by atoms with E-state index < -0.39 is 5.66 Å². The second-order valence-corrected chi connectivity index (χ2v) is 8.62. The fourth-order valence-corrected chi connectivity index (χ4v) is 4.45. The number of nitrogens with one attached hydrogen (secondary N) is 2. The smallest absolute Gasteiger partial charge is 0.202 e. The van der Waals surface area contributed by atoms with E-state index in [4.69, 9.17) is 20.2 Å². The highest BCUT2D eigenvalue weighted by Gasteiger charge is 2.40. The molecule has 0 spiro atoms. The van der Waals surface area contributed by atoms with Gasteiger partial charge in [-0.25, -0.2) is 19.0 Å². The Morgan fingerprint density at radius 1 is 1.29 bits per heavy atom. The zero-order valence-corrected chi connectivity index (χ0v) is 19.9. The lowest BCUT2D eigenvalue weighted by molar-refractivity contribution is 0.118. The quantitative estimate of drug-likeness (QED) is 0.517. The van der Waals surface area contributed by atoms with E-state index in [1.807, 2.05) is 32.0 Å². The Balaban J connectivity index is 1.46. The van der Waals surface area contributed by atoms with Crippen LogP contribution in [0.4, 0.5) is 10.1 Å². The van der Waals surface area contributed by atoms with Gasteiger partial charge in [-0.1, -0.05) is 19.1 Å². The average Bonchev–Trinajstić information content (AvgIpc) is 3.30. The molecule has 4 N–H and O–H groups in total. The van der Waals surface area contributed by atoms with Gasteiger partial charge in [-0.05, 0) is 43.2 Å². The van der Waals surface area contributed by atoms with E-state index >= 15 is 0 Å². The molecule has 0 aliphatic carbocycles. The van der Waals surface area contributed by atoms with E-state index in [0.717, 1.165) is 28.2 Å². The predicted octanol–water partition coefficient (Wildman–Crippen LogP) is 3.23. The normalized spacial score (nSPS) is 21.7. The summed E-state index contributed by atoms with van der Waals surface area (Å²) >= 11 is 0. The fourth-order valence-electron chi connectivity index (χ4n) is 4.45. The number of hydrogen-bond acceptors (Lipinski definition) is 8. The number of aromatic nitrogens is 3. The van der Waals surface area contributed by atoms with Gasteiger partial charge in [0.25, 0.3) is 0 Å². The zero-order chi connectivity index (χ0) is 24.6. The van der Waals surface area contributed by atoms with Crippen LogP contribution in [-0.2, 0) is 4.74 Å². The van der Waals surface area contributed by atoms with Crippen molar-refractivity contribution in [1.29, 1.82) is 0 Å². The lowest BCUT2D eigenvalue weighted by Gasteiger charge is -2.40. The van der Waals surface area contributed by atoms with Crippen molar-refractivity contribution in [3.63, 3.8) is 0 Å². The van der Waals surface area contributed by atoms with Crippen LogP contribution in [0.1, 0.15) is 30.7 Å². The van der Waals surface area contributed by atoms with Crippen molar-refractivity contribution >= 4 is 11.6 Å². The number of benzene rings is 2. The van der Waals surface area contributed by atoms with Gasteiger partial charge in [-0.15, -0.1) is 0 Å². The summed E-state index contributed by atoms with van der Waals surface area (Å²) in [7, 11) is 1.61. The van der Waals surface area contributed by atoms with Crippen LogP contribution in [0.5, 0.6) is 5.75 Å². The molecule has 3 heterocycles. The molecule has 0 saturated carbocycles. The molecular weight excluding hydrogens is 449 g/mol. The molecule has 182 valence electrons. The molecule has 0 fully saturated rings. The summed E-state index contributed by atoms with van der Waals surface area (Å²) in [5.74, 6) is 1.42. The first-order valence-corrected chi connectivity index (χ1v) is 11.5. The Bertz CT molecular complexity index is 1300. The number of rotatable bonds is 5. The molecule has 5 rings (SSSR count). The standard InChI is InChI=1S/C25H28FN7O2/c1-4-25(27)20-13-35-12-19(16-5-7-17(26)8-6-16)23(20)30-24(31-25)29-18-9-10-21(22(11-18)34-3)33-14-28-15(2)32-33/h5-11,14,19H,4,12-13,27H2,1-3H3,(H2,29,30,31). The molecule has 9 nitrogen and oxygen atoms in total. The number of ether oxygens (including phenoxy) is 2. The van der Waals surface area contributed by atoms with Crippen LogP contribution in [0.15, 0.2) is 65.1 Å². The number of hydrogen-bond donors (Lipinski definition) is 3. The second kappa shape index (κ2) is 9.12. The van der Waals surface area contributed by atoms with Crippen LogP contribution in [0.3, 0.4) is 0 Å². The van der Waals surface area contributed by atoms with Gasteiger partial charge >= 0.3 is 0 Å². The highest BCUT2D eigenvalue weighted by Crippen LogP contribution is 2.37. The molecular formula is C25H28FN7O2. The number of nitrogens with two attached hydrogens (primary N) is 1. The van der Waals surface area contributed by atoms with Crippen molar-refractivity contribution in [3.8, 4) is 11.4 Å². The Morgan fingerprint density at radius 2 is 2.09 bits per heavy atom. The van der Waals surface area contributed by atoms with E-state index in [1.54, 1.807) is 30.3 Å². The van der Waals surface area contributed by atoms with E-state index in [9.17, 15) is 4.39 Å². The van der Waals surface area contributed by atoms with E-state index in [-0.39, 0.29) is 11.7 Å². The second-order valence-electron chi connectivity index (χ2n) is 8.62. The predicted molar refractivity (Wildman–Crippen MR) is 131 cm³/mol. The molecule has 2 aliphatic rings. The van der Waals surface area contributed by atoms with Gasteiger partial charge in [0.05, 0.1) is 20.3 Å². The van der Waals surface area contributed by atoms with Gasteiger partial charge in [0.15, 0.2) is 0 Å². The van der Waals surface area contributed by atoms with Crippen LogP contribution < -0.4 is 21.1 Å². The number of methoxy groups -OCH3 is 1. The molecule has 1 aromatic heterocycles. The molecule has 0 bridgehead atoms. The summed E-state index contributed by atoms with van der Waals surface area (Å²) in [5.41, 5.74) is 10.2. The largest absolute Gasteiger partial charge is 0.494 e. The average molecular weight is 478 g/mol. The summed E-state index contributed by atoms with van der Waals surface area (Å²) in [6.07, 6.45) is 2.23. The van der Waals surface area contributed by atoms with Crippen molar-refractivity contribution in [2.75, 3.05) is 25.6 Å². The third-order valence-corrected chi connectivity index (χ3v) is 6.40. The van der Waals surface area contributed by atoms with Crippen LogP contribution in [0.25, 0.3) is 5.69 Å². The Labute approximate surface area is 202 Å². The molecule has 2 unspecified atom stereocenters. The van der Waals surface area contributed by atoms with Gasteiger partial charge < -0.3 is 25.8 Å². The first-order valence-electron chi connectivity index (χ1n) is 11.5. The fraction of sp³-hybridized carbons (Fsp3) is 0.320. The topological polar surface area (TPSA) is 112 Å². The number of halogens is 1. The number of aliphatic imine (C=N–C) groups is 1. The van der Waals surface area contributed by atoms with Crippen molar-refractivity contribution < 1.29 is 13.9 Å². The Hall–Kier alpha value is -3.76. The number of nitrogens with zero attached hydrogens (tertiary/aromatic N) is 4. The molecule has 3 aromatic rings. The highest BCUT2D eigenvalue weighted by molar-refractivity contribution is 5.96. The van der Waals surface area contributed by atoms with Crippen molar-refractivity contribution in [2.24, 2.45) is 10.7 Å². The lowest BCUT2D eigenvalue weighted by Crippen LogP contribution is -2.53. The van der Waals surface area contributed by atoms with Gasteiger partial charge in [0, 0.05) is 28.9 Å². The third-order valence-electron chi connectivity index (χ3n) is 6.40. The molecule has 2 atom stereocenters. The zero-order valence-electron chi connectivity index (χ0n) is 19.9. The van der Waals surface area contributed by atoms with Crippen molar-refractivity contribution in [2.45, 2.75) is 31.8 Å². The maximum atomic E-state index is 13.5. The van der Waals surface area contributed by atoms with Crippen LogP contribution in [0.2, 0.25) is 0 Å². The van der Waals surface area contributed by atoms with Crippen LogP contribution >= 0.6 is 0 Å². The highest BCUT2D eigenvalue weighted by atomic mass is 19.1. The molecule has 10 heteroatoms. The summed E-state index contributed by atoms with van der Waals surface area (Å²) in [4.78, 5) is 8.99. The molecule has 2 aliphatic heterocycles. The first kappa shape index (κ1) is 23.0. The third kappa shape index (κ3) is 4.38. The summed E-state index contributed by atoms with van der Waals surface area (Å²) in [5, 5.41) is 11.1. The van der Waals surface area contributed by atoms with E-state index in [0.29, 0.717) is 37.2 Å². The Morgan fingerprint density at radius 3 is 2.77 bits per heavy atom. The minimum atomic E-state index is -0.927. The van der Waals surface area contributed by atoms with E-state index in [2.05, 4.69) is 20.7 Å². The van der Waals surface area contributed by atoms with Gasteiger partial charge in [0.1, 0.15) is 35.1 Å². The SMILES string of the molecule is CCC1(N)N=C(Nc2ccc(-n3cnc(C)n3)c(OC)c2)NC2=C1COCC2c1ccc(F)cc1. The molecule has 35 heavy (non-hydrogen) atoms. The maximum Gasteiger partial charge on any atom is 0.202 e. The first-order chi connectivity index (χ1) is 16.9. The molecule has 0 saturated heterocycles. The van der Waals surface area contributed by atoms with Gasteiger partial charge in [0.2, 0.25) is 5.96 Å². The maximum absolute atomic E-state index is 13.5. The number of guanidine groups is 1. The van der Waals surface area contributed by atoms with Gasteiger partial charge in [-0.2, -0.15) is 5.10 Å². The van der Waals surface area contributed by atoms with Crippen LogP contribution in [-0.4, -0.2) is 46.7 Å². The van der Waals surface area contributed by atoms with Crippen molar-refractivity contribution in [3.05, 3.63) is 77.3 Å². The molecule has 0 amide bonds. The Kier molecular flexibility index (Phi) is 6.00. The number of anilines is 1. The minimum absolute atomic E-state index is 0.117. The minimum Gasteiger partial charge on any atom is -0.494 e. The number of aryl methyl sites for hydroxylation is 1. The van der Waals surface area contributed by atoms with Gasteiger partial charge in [-0.3, -0.25) is 0 Å². The van der Waals surface area contributed by atoms with E-state index in [1.165, 1.54) is 12.1 Å². The summed E-state index contributed by atoms with van der Waals surface area (Å²) < 4.78 is 26.7. The summed E-state index contributed by atoms with van der Waals surface area (Å²) in [6.45, 7) is 4.68. The van der Waals surface area contributed by atoms with Crippen molar-refractivity contribution in [1.82, 2.24) is 20.1 Å². The molecule has 2 aromatic carbocycles. The molecule has 0 radical (unpaired) electrons.